The van der Waals surface area contributed by atoms with Crippen LogP contribution in [0.15, 0.2) is 77.9 Å². The number of rotatable bonds is 5. The van der Waals surface area contributed by atoms with Crippen LogP contribution in [0.5, 0.6) is 0 Å². The van der Waals surface area contributed by atoms with Crippen LogP contribution in [0.1, 0.15) is 11.3 Å². The van der Waals surface area contributed by atoms with Crippen molar-refractivity contribution in [3.8, 4) is 5.69 Å². The number of aromatic nitrogens is 3. The lowest BCUT2D eigenvalue weighted by Gasteiger charge is -2.40. The summed E-state index contributed by atoms with van der Waals surface area (Å²) in [5.74, 6) is 1.42. The Hall–Kier alpha value is -3.69. The van der Waals surface area contributed by atoms with E-state index < -0.39 is 5.72 Å². The second-order valence-corrected chi connectivity index (χ2v) is 7.94. The first-order valence-corrected chi connectivity index (χ1v) is 10.9. The number of morpholine rings is 1. The van der Waals surface area contributed by atoms with Crippen molar-refractivity contribution < 1.29 is 9.47 Å². The third kappa shape index (κ3) is 4.46. The Labute approximate surface area is 192 Å². The molecule has 0 amide bonds. The highest BCUT2D eigenvalue weighted by molar-refractivity contribution is 5.84. The zero-order valence-electron chi connectivity index (χ0n) is 18.7. The molecule has 170 valence electrons. The van der Waals surface area contributed by atoms with Crippen molar-refractivity contribution in [3.05, 3.63) is 84.2 Å². The SMILES string of the molecule is COC1(c2cccc(-n3ccc(C)n3)c2)C=C(Nc2ccncc2)N=C(N2CCOCC2)N1. The molecule has 1 saturated heterocycles. The second kappa shape index (κ2) is 9.05. The maximum atomic E-state index is 6.14. The van der Waals surface area contributed by atoms with Gasteiger partial charge in [0.2, 0.25) is 5.96 Å². The van der Waals surface area contributed by atoms with Crippen molar-refractivity contribution in [2.45, 2.75) is 12.6 Å². The number of nitrogens with zero attached hydrogens (tertiary/aromatic N) is 5. The first-order valence-electron chi connectivity index (χ1n) is 10.9. The van der Waals surface area contributed by atoms with Crippen molar-refractivity contribution in [2.24, 2.45) is 4.99 Å². The lowest BCUT2D eigenvalue weighted by molar-refractivity contribution is 0.00583. The first-order chi connectivity index (χ1) is 16.1. The number of hydrogen-bond acceptors (Lipinski definition) is 8. The molecule has 0 radical (unpaired) electrons. The molecule has 0 spiro atoms. The predicted molar refractivity (Wildman–Crippen MR) is 126 cm³/mol. The van der Waals surface area contributed by atoms with Crippen LogP contribution in [0.3, 0.4) is 0 Å². The average Bonchev–Trinajstić information content (AvgIpc) is 3.31. The fourth-order valence-electron chi connectivity index (χ4n) is 3.96. The van der Waals surface area contributed by atoms with Crippen LogP contribution in [-0.4, -0.2) is 59.0 Å². The van der Waals surface area contributed by atoms with Gasteiger partial charge in [0.1, 0.15) is 5.82 Å². The highest BCUT2D eigenvalue weighted by Crippen LogP contribution is 2.31. The smallest absolute Gasteiger partial charge is 0.203 e. The summed E-state index contributed by atoms with van der Waals surface area (Å²) in [6.07, 6.45) is 7.41. The van der Waals surface area contributed by atoms with Gasteiger partial charge in [0, 0.05) is 56.1 Å². The predicted octanol–water partition coefficient (Wildman–Crippen LogP) is 2.62. The van der Waals surface area contributed by atoms with Crippen molar-refractivity contribution in [3.63, 3.8) is 0 Å². The summed E-state index contributed by atoms with van der Waals surface area (Å²) in [6.45, 7) is 4.80. The third-order valence-corrected chi connectivity index (χ3v) is 5.71. The molecule has 1 atom stereocenters. The minimum atomic E-state index is -0.928. The minimum Gasteiger partial charge on any atom is -0.378 e. The van der Waals surface area contributed by atoms with Crippen LogP contribution in [0.2, 0.25) is 0 Å². The van der Waals surface area contributed by atoms with Gasteiger partial charge in [-0.2, -0.15) is 10.1 Å². The molecule has 0 bridgehead atoms. The van der Waals surface area contributed by atoms with Gasteiger partial charge in [0.15, 0.2) is 5.72 Å². The molecule has 2 N–H and O–H groups in total. The van der Waals surface area contributed by atoms with E-state index in [1.807, 2.05) is 60.3 Å². The number of methoxy groups -OCH3 is 1. The molecular weight excluding hydrogens is 418 g/mol. The van der Waals surface area contributed by atoms with E-state index in [0.29, 0.717) is 19.0 Å². The van der Waals surface area contributed by atoms with Crippen LogP contribution in [0, 0.1) is 6.92 Å². The monoisotopic (exact) mass is 445 g/mol. The van der Waals surface area contributed by atoms with Crippen LogP contribution in [0.25, 0.3) is 5.69 Å². The maximum absolute atomic E-state index is 6.14. The normalized spacial score (nSPS) is 20.6. The van der Waals surface area contributed by atoms with E-state index in [2.05, 4.69) is 31.7 Å². The summed E-state index contributed by atoms with van der Waals surface area (Å²) in [7, 11) is 1.69. The molecule has 33 heavy (non-hydrogen) atoms. The van der Waals surface area contributed by atoms with E-state index in [1.54, 1.807) is 19.5 Å². The Morgan fingerprint density at radius 1 is 1.12 bits per heavy atom. The van der Waals surface area contributed by atoms with E-state index in [9.17, 15) is 0 Å². The fraction of sp³-hybridized carbons (Fsp3) is 0.292. The Bertz CT molecular complexity index is 1170. The number of benzene rings is 1. The molecule has 0 aliphatic carbocycles. The number of hydrogen-bond donors (Lipinski definition) is 2. The molecular formula is C24H27N7O2. The lowest BCUT2D eigenvalue weighted by atomic mass is 10.00. The van der Waals surface area contributed by atoms with E-state index in [-0.39, 0.29) is 0 Å². The van der Waals surface area contributed by atoms with Gasteiger partial charge in [-0.25, -0.2) is 4.68 Å². The molecule has 0 saturated carbocycles. The average molecular weight is 446 g/mol. The number of nitrogens with one attached hydrogen (secondary N) is 2. The Morgan fingerprint density at radius 2 is 1.94 bits per heavy atom. The number of aryl methyl sites for hydroxylation is 1. The van der Waals surface area contributed by atoms with E-state index in [4.69, 9.17) is 14.5 Å². The van der Waals surface area contributed by atoms with Crippen LogP contribution in [0.4, 0.5) is 5.69 Å². The molecule has 1 unspecified atom stereocenters. The van der Waals surface area contributed by atoms with Crippen molar-refractivity contribution in [1.29, 1.82) is 0 Å². The van der Waals surface area contributed by atoms with E-state index in [0.717, 1.165) is 41.7 Å². The number of aliphatic imine (C=N–C) groups is 1. The molecule has 9 heteroatoms. The molecule has 1 fully saturated rings. The first kappa shape index (κ1) is 21.2. The zero-order valence-corrected chi connectivity index (χ0v) is 18.7. The van der Waals surface area contributed by atoms with E-state index >= 15 is 0 Å². The minimum absolute atomic E-state index is 0.658. The fourth-order valence-corrected chi connectivity index (χ4v) is 3.96. The summed E-state index contributed by atoms with van der Waals surface area (Å²) in [4.78, 5) is 11.1. The van der Waals surface area contributed by atoms with Gasteiger partial charge in [0.25, 0.3) is 0 Å². The lowest BCUT2D eigenvalue weighted by Crippen LogP contribution is -2.56. The maximum Gasteiger partial charge on any atom is 0.203 e. The molecule has 3 aromatic rings. The summed E-state index contributed by atoms with van der Waals surface area (Å²) in [5.41, 5.74) is 2.82. The highest BCUT2D eigenvalue weighted by Gasteiger charge is 2.37. The molecule has 4 heterocycles. The highest BCUT2D eigenvalue weighted by atomic mass is 16.5. The molecule has 5 rings (SSSR count). The quantitative estimate of drug-likeness (QED) is 0.624. The van der Waals surface area contributed by atoms with Crippen molar-refractivity contribution >= 4 is 11.6 Å². The van der Waals surface area contributed by atoms with E-state index in [1.165, 1.54) is 0 Å². The summed E-state index contributed by atoms with van der Waals surface area (Å²) >= 11 is 0. The number of ether oxygens (including phenoxy) is 2. The molecule has 2 aliphatic rings. The van der Waals surface area contributed by atoms with Gasteiger partial charge in [-0.3, -0.25) is 4.98 Å². The number of guanidine groups is 1. The Balaban J connectivity index is 1.55. The van der Waals surface area contributed by atoms with Crippen molar-refractivity contribution in [2.75, 3.05) is 38.7 Å². The van der Waals surface area contributed by atoms with Gasteiger partial charge in [-0.1, -0.05) is 12.1 Å². The van der Waals surface area contributed by atoms with Gasteiger partial charge >= 0.3 is 0 Å². The van der Waals surface area contributed by atoms with Gasteiger partial charge < -0.3 is 25.0 Å². The zero-order chi connectivity index (χ0) is 22.7. The third-order valence-electron chi connectivity index (χ3n) is 5.71. The Morgan fingerprint density at radius 3 is 2.67 bits per heavy atom. The molecule has 2 aliphatic heterocycles. The summed E-state index contributed by atoms with van der Waals surface area (Å²) < 4.78 is 13.5. The molecule has 9 nitrogen and oxygen atoms in total. The van der Waals surface area contributed by atoms with Gasteiger partial charge in [-0.15, -0.1) is 0 Å². The molecule has 2 aromatic heterocycles. The van der Waals surface area contributed by atoms with Crippen LogP contribution >= 0.6 is 0 Å². The van der Waals surface area contributed by atoms with Crippen molar-refractivity contribution in [1.82, 2.24) is 25.0 Å². The molecule has 1 aromatic carbocycles. The summed E-state index contributed by atoms with van der Waals surface area (Å²) in [6, 6.07) is 13.9. The second-order valence-electron chi connectivity index (χ2n) is 7.94. The van der Waals surface area contributed by atoms with Crippen LogP contribution < -0.4 is 10.6 Å². The Kier molecular flexibility index (Phi) is 5.80. The van der Waals surface area contributed by atoms with Gasteiger partial charge in [0.05, 0.1) is 24.6 Å². The largest absolute Gasteiger partial charge is 0.378 e. The number of pyridine rings is 1. The summed E-state index contributed by atoms with van der Waals surface area (Å²) in [5, 5.41) is 11.5. The topological polar surface area (TPSA) is 88.8 Å². The van der Waals surface area contributed by atoms with Crippen LogP contribution in [-0.2, 0) is 15.2 Å². The standard InChI is InChI=1S/C24H27N7O2/c1-18-8-11-31(29-18)21-5-3-4-19(16-21)24(32-2)17-22(26-20-6-9-25-10-7-20)27-23(28-24)30-12-14-33-15-13-30/h3-11,16-17H,12-15H2,1-2H3,(H,25,26)(H,27,28). The van der Waals surface area contributed by atoms with Gasteiger partial charge in [-0.05, 0) is 37.3 Å². The number of anilines is 1.